The number of hydrogen-bond donors (Lipinski definition) is 0. The van der Waals surface area contributed by atoms with Gasteiger partial charge in [-0.05, 0) is 38.3 Å². The molecule has 1 atom stereocenters. The summed E-state index contributed by atoms with van der Waals surface area (Å²) in [5.74, 6) is 0.203. The minimum atomic E-state index is -0.0457. The van der Waals surface area contributed by atoms with E-state index in [0.29, 0.717) is 0 Å². The predicted molar refractivity (Wildman–Crippen MR) is 68.2 cm³/mol. The van der Waals surface area contributed by atoms with Crippen molar-refractivity contribution >= 4 is 28.8 Å². The van der Waals surface area contributed by atoms with E-state index in [1.165, 1.54) is 17.8 Å². The average molecular weight is 258 g/mol. The lowest BCUT2D eigenvalue weighted by molar-refractivity contribution is -0.133. The molecule has 0 spiro atoms. The van der Waals surface area contributed by atoms with E-state index in [1.54, 1.807) is 0 Å². The van der Waals surface area contributed by atoms with Gasteiger partial charge in [0, 0.05) is 18.0 Å². The minimum absolute atomic E-state index is 0.0457. The van der Waals surface area contributed by atoms with Gasteiger partial charge in [0.15, 0.2) is 0 Å². The van der Waals surface area contributed by atoms with E-state index < -0.39 is 0 Å². The molecule has 1 fully saturated rings. The van der Waals surface area contributed by atoms with Gasteiger partial charge >= 0.3 is 0 Å². The van der Waals surface area contributed by atoms with Crippen LogP contribution in [0.2, 0.25) is 4.34 Å². The molecule has 1 unspecified atom stereocenters. The van der Waals surface area contributed by atoms with E-state index in [0.717, 1.165) is 35.1 Å². The molecule has 1 aliphatic rings. The monoisotopic (exact) mass is 257 g/mol. The summed E-state index contributed by atoms with van der Waals surface area (Å²) >= 11 is 7.39. The third kappa shape index (κ3) is 2.58. The van der Waals surface area contributed by atoms with E-state index in [-0.39, 0.29) is 11.8 Å². The van der Waals surface area contributed by atoms with E-state index in [2.05, 4.69) is 0 Å². The zero-order chi connectivity index (χ0) is 11.5. The van der Waals surface area contributed by atoms with Crippen LogP contribution in [0.25, 0.3) is 0 Å². The fourth-order valence-electron chi connectivity index (χ4n) is 2.07. The largest absolute Gasteiger partial charge is 0.342 e. The van der Waals surface area contributed by atoms with Gasteiger partial charge in [-0.2, -0.15) is 0 Å². The maximum absolute atomic E-state index is 12.2. The third-order valence-corrected chi connectivity index (χ3v) is 4.47. The molecule has 0 radical (unpaired) electrons. The summed E-state index contributed by atoms with van der Waals surface area (Å²) in [4.78, 5) is 15.3. The Hall–Kier alpha value is -0.540. The second-order valence-corrected chi connectivity index (χ2v) is 6.00. The Labute approximate surface area is 105 Å². The Bertz CT molecular complexity index is 371. The number of amides is 1. The first-order chi connectivity index (χ1) is 7.68. The van der Waals surface area contributed by atoms with Crippen LogP contribution in [-0.4, -0.2) is 23.9 Å². The molecule has 2 heterocycles. The van der Waals surface area contributed by atoms with Crippen LogP contribution in [0, 0.1) is 0 Å². The van der Waals surface area contributed by atoms with Crippen molar-refractivity contribution in [2.24, 2.45) is 0 Å². The summed E-state index contributed by atoms with van der Waals surface area (Å²) in [6.45, 7) is 3.81. The van der Waals surface area contributed by atoms with Gasteiger partial charge in [0.1, 0.15) is 0 Å². The molecule has 4 heteroatoms. The van der Waals surface area contributed by atoms with Crippen LogP contribution < -0.4 is 0 Å². The van der Waals surface area contributed by atoms with E-state index in [1.807, 2.05) is 24.0 Å². The molecular weight excluding hydrogens is 242 g/mol. The molecule has 1 aromatic heterocycles. The van der Waals surface area contributed by atoms with Gasteiger partial charge < -0.3 is 4.90 Å². The van der Waals surface area contributed by atoms with Crippen molar-refractivity contribution in [1.82, 2.24) is 4.90 Å². The van der Waals surface area contributed by atoms with Gasteiger partial charge in [0.25, 0.3) is 0 Å². The molecule has 2 rings (SSSR count). The van der Waals surface area contributed by atoms with Crippen molar-refractivity contribution < 1.29 is 4.79 Å². The Kier molecular flexibility index (Phi) is 3.87. The number of likely N-dealkylation sites (tertiary alicyclic amines) is 1. The lowest BCUT2D eigenvalue weighted by Gasteiger charge is -2.28. The van der Waals surface area contributed by atoms with Crippen molar-refractivity contribution in [3.05, 3.63) is 21.3 Å². The fourth-order valence-corrected chi connectivity index (χ4v) is 3.18. The van der Waals surface area contributed by atoms with E-state index in [4.69, 9.17) is 11.6 Å². The topological polar surface area (TPSA) is 20.3 Å². The quantitative estimate of drug-likeness (QED) is 0.794. The molecule has 0 aromatic carbocycles. The normalized spacial score (nSPS) is 18.5. The smallest absolute Gasteiger partial charge is 0.230 e. The molecule has 16 heavy (non-hydrogen) atoms. The number of carbonyl (C=O) groups is 1. The molecule has 1 aliphatic heterocycles. The highest BCUT2D eigenvalue weighted by Gasteiger charge is 2.24. The van der Waals surface area contributed by atoms with Gasteiger partial charge in [-0.3, -0.25) is 4.79 Å². The fraction of sp³-hybridized carbons (Fsp3) is 0.583. The molecule has 0 bridgehead atoms. The number of carbonyl (C=O) groups excluding carboxylic acids is 1. The van der Waals surface area contributed by atoms with Crippen LogP contribution in [0.3, 0.4) is 0 Å². The van der Waals surface area contributed by atoms with Crippen LogP contribution in [0.1, 0.15) is 37.0 Å². The molecule has 2 nitrogen and oxygen atoms in total. The average Bonchev–Trinajstić information content (AvgIpc) is 2.75. The Morgan fingerprint density at radius 2 is 2.06 bits per heavy atom. The first-order valence-electron chi connectivity index (χ1n) is 5.72. The van der Waals surface area contributed by atoms with Crippen LogP contribution >= 0.6 is 22.9 Å². The summed E-state index contributed by atoms with van der Waals surface area (Å²) < 4.78 is 0.758. The van der Waals surface area contributed by atoms with Crippen molar-refractivity contribution in [1.29, 1.82) is 0 Å². The Morgan fingerprint density at radius 3 is 2.62 bits per heavy atom. The van der Waals surface area contributed by atoms with Crippen molar-refractivity contribution in [2.45, 2.75) is 32.1 Å². The van der Waals surface area contributed by atoms with Gasteiger partial charge in [0.2, 0.25) is 5.91 Å². The van der Waals surface area contributed by atoms with Crippen LogP contribution in [-0.2, 0) is 4.79 Å². The van der Waals surface area contributed by atoms with Crippen LogP contribution in [0.4, 0.5) is 0 Å². The van der Waals surface area contributed by atoms with Gasteiger partial charge in [-0.25, -0.2) is 0 Å². The highest BCUT2D eigenvalue weighted by molar-refractivity contribution is 7.16. The van der Waals surface area contributed by atoms with E-state index >= 15 is 0 Å². The second-order valence-electron chi connectivity index (χ2n) is 4.25. The van der Waals surface area contributed by atoms with Crippen LogP contribution in [0.5, 0.6) is 0 Å². The lowest BCUT2D eigenvalue weighted by Crippen LogP contribution is -2.37. The van der Waals surface area contributed by atoms with Crippen molar-refractivity contribution in [2.75, 3.05) is 13.1 Å². The standard InChI is InChI=1S/C12H16ClNOS/c1-9(10-5-6-11(13)16-10)12(15)14-7-3-2-4-8-14/h5-6,9H,2-4,7-8H2,1H3. The molecule has 0 saturated carbocycles. The summed E-state index contributed by atoms with van der Waals surface area (Å²) in [6, 6.07) is 3.82. The third-order valence-electron chi connectivity index (χ3n) is 3.06. The molecule has 88 valence electrons. The number of halogens is 1. The summed E-state index contributed by atoms with van der Waals surface area (Å²) in [6.07, 6.45) is 3.54. The zero-order valence-corrected chi connectivity index (χ0v) is 11.0. The first kappa shape index (κ1) is 11.9. The van der Waals surface area contributed by atoms with Crippen molar-refractivity contribution in [3.63, 3.8) is 0 Å². The highest BCUT2D eigenvalue weighted by Crippen LogP contribution is 2.29. The maximum atomic E-state index is 12.2. The number of hydrogen-bond acceptors (Lipinski definition) is 2. The summed E-state index contributed by atoms with van der Waals surface area (Å²) in [5, 5.41) is 0. The number of nitrogens with zero attached hydrogens (tertiary/aromatic N) is 1. The molecule has 0 aliphatic carbocycles. The first-order valence-corrected chi connectivity index (χ1v) is 6.92. The Morgan fingerprint density at radius 1 is 1.38 bits per heavy atom. The van der Waals surface area contributed by atoms with Gasteiger partial charge in [-0.1, -0.05) is 11.6 Å². The molecular formula is C12H16ClNOS. The van der Waals surface area contributed by atoms with Gasteiger partial charge in [0.05, 0.1) is 10.3 Å². The number of piperidine rings is 1. The lowest BCUT2D eigenvalue weighted by atomic mass is 10.1. The van der Waals surface area contributed by atoms with Crippen LogP contribution in [0.15, 0.2) is 12.1 Å². The highest BCUT2D eigenvalue weighted by atomic mass is 35.5. The molecule has 0 N–H and O–H groups in total. The number of rotatable bonds is 2. The second kappa shape index (κ2) is 5.19. The van der Waals surface area contributed by atoms with E-state index in [9.17, 15) is 4.79 Å². The zero-order valence-electron chi connectivity index (χ0n) is 9.41. The SMILES string of the molecule is CC(C(=O)N1CCCCC1)c1ccc(Cl)s1. The predicted octanol–water partition coefficient (Wildman–Crippen LogP) is 3.52. The molecule has 1 saturated heterocycles. The molecule has 1 aromatic rings. The maximum Gasteiger partial charge on any atom is 0.230 e. The molecule has 1 amide bonds. The summed E-state index contributed by atoms with van der Waals surface area (Å²) in [5.41, 5.74) is 0. The minimum Gasteiger partial charge on any atom is -0.342 e. The van der Waals surface area contributed by atoms with Crippen molar-refractivity contribution in [3.8, 4) is 0 Å². The van der Waals surface area contributed by atoms with Gasteiger partial charge in [-0.15, -0.1) is 11.3 Å². The Balaban J connectivity index is 2.03. The number of thiophene rings is 1. The summed E-state index contributed by atoms with van der Waals surface area (Å²) in [7, 11) is 0.